The molecule has 1 aliphatic heterocycles. The number of benzene rings is 3. The molecule has 0 atom stereocenters. The molecule has 0 saturated carbocycles. The number of urea groups is 1. The first-order valence-corrected chi connectivity index (χ1v) is 10.9. The second-order valence-electron chi connectivity index (χ2n) is 7.89. The molecule has 1 fully saturated rings. The number of aromatic amines is 1. The Bertz CT molecular complexity index is 1210. The van der Waals surface area contributed by atoms with Crippen LogP contribution in [0, 0.1) is 0 Å². The van der Waals surface area contributed by atoms with Gasteiger partial charge in [0.05, 0.1) is 16.7 Å². The van der Waals surface area contributed by atoms with Crippen molar-refractivity contribution in [2.45, 2.75) is 18.8 Å². The minimum Gasteiger partial charge on any atom is -0.342 e. The number of halogens is 1. The molecule has 1 aromatic heterocycles. The summed E-state index contributed by atoms with van der Waals surface area (Å²) < 4.78 is 0. The first-order valence-electron chi connectivity index (χ1n) is 10.5. The normalized spacial score (nSPS) is 14.7. The van der Waals surface area contributed by atoms with Gasteiger partial charge in [-0.1, -0.05) is 60.1 Å². The monoisotopic (exact) mass is 430 g/mol. The zero-order valence-electron chi connectivity index (χ0n) is 17.0. The average Bonchev–Trinajstić information content (AvgIpc) is 3.23. The molecule has 0 spiro atoms. The number of piperidine rings is 1. The number of nitrogens with one attached hydrogen (secondary N) is 2. The third kappa shape index (κ3) is 4.14. The van der Waals surface area contributed by atoms with Crippen molar-refractivity contribution in [2.24, 2.45) is 0 Å². The predicted octanol–water partition coefficient (Wildman–Crippen LogP) is 6.29. The van der Waals surface area contributed by atoms with Crippen LogP contribution in [0.15, 0.2) is 72.8 Å². The highest BCUT2D eigenvalue weighted by Gasteiger charge is 2.26. The minimum absolute atomic E-state index is 0.0572. The van der Waals surface area contributed by atoms with Gasteiger partial charge in [0, 0.05) is 29.6 Å². The van der Waals surface area contributed by atoms with Crippen molar-refractivity contribution in [3.63, 3.8) is 0 Å². The molecule has 0 bridgehead atoms. The lowest BCUT2D eigenvalue weighted by molar-refractivity contribution is 0.193. The summed E-state index contributed by atoms with van der Waals surface area (Å²) in [5.74, 6) is 1.29. The van der Waals surface area contributed by atoms with Crippen molar-refractivity contribution in [3.05, 3.63) is 83.6 Å². The maximum absolute atomic E-state index is 12.9. The van der Waals surface area contributed by atoms with E-state index in [0.717, 1.165) is 46.5 Å². The molecule has 6 heteroatoms. The number of carbonyl (C=O) groups is 1. The fourth-order valence-corrected chi connectivity index (χ4v) is 4.38. The van der Waals surface area contributed by atoms with Gasteiger partial charge in [0.25, 0.3) is 0 Å². The molecule has 2 N–H and O–H groups in total. The van der Waals surface area contributed by atoms with Crippen molar-refractivity contribution in [1.82, 2.24) is 14.9 Å². The summed E-state index contributed by atoms with van der Waals surface area (Å²) in [4.78, 5) is 23.0. The number of hydrogen-bond acceptors (Lipinski definition) is 2. The van der Waals surface area contributed by atoms with Crippen molar-refractivity contribution in [3.8, 4) is 11.1 Å². The van der Waals surface area contributed by atoms with E-state index in [1.165, 1.54) is 0 Å². The van der Waals surface area contributed by atoms with Gasteiger partial charge >= 0.3 is 6.03 Å². The first-order chi connectivity index (χ1) is 15.2. The maximum Gasteiger partial charge on any atom is 0.321 e. The largest absolute Gasteiger partial charge is 0.342 e. The Morgan fingerprint density at radius 2 is 1.74 bits per heavy atom. The van der Waals surface area contributed by atoms with Crippen LogP contribution in [-0.4, -0.2) is 34.0 Å². The number of likely N-dealkylation sites (tertiary alicyclic amines) is 1. The molecule has 1 saturated heterocycles. The van der Waals surface area contributed by atoms with Gasteiger partial charge in [0.15, 0.2) is 0 Å². The van der Waals surface area contributed by atoms with Crippen molar-refractivity contribution in [2.75, 3.05) is 18.4 Å². The molecule has 2 heterocycles. The third-order valence-electron chi connectivity index (χ3n) is 5.88. The van der Waals surface area contributed by atoms with Gasteiger partial charge in [-0.05, 0) is 42.7 Å². The summed E-state index contributed by atoms with van der Waals surface area (Å²) >= 11 is 6.09. The molecule has 0 aliphatic carbocycles. The van der Waals surface area contributed by atoms with Crippen LogP contribution in [-0.2, 0) is 0 Å². The molecular weight excluding hydrogens is 408 g/mol. The molecule has 4 aromatic rings. The topological polar surface area (TPSA) is 61.0 Å². The molecule has 5 nitrogen and oxygen atoms in total. The van der Waals surface area contributed by atoms with Crippen LogP contribution in [0.2, 0.25) is 5.02 Å². The Labute approximate surface area is 186 Å². The average molecular weight is 431 g/mol. The molecule has 2 amide bonds. The molecule has 0 unspecified atom stereocenters. The zero-order valence-corrected chi connectivity index (χ0v) is 17.8. The minimum atomic E-state index is -0.0572. The highest BCUT2D eigenvalue weighted by Crippen LogP contribution is 2.30. The van der Waals surface area contributed by atoms with E-state index < -0.39 is 0 Å². The van der Waals surface area contributed by atoms with Crippen LogP contribution in [0.25, 0.3) is 22.2 Å². The highest BCUT2D eigenvalue weighted by molar-refractivity contribution is 6.31. The second kappa shape index (κ2) is 8.44. The predicted molar refractivity (Wildman–Crippen MR) is 126 cm³/mol. The third-order valence-corrected chi connectivity index (χ3v) is 6.12. The number of para-hydroxylation sites is 1. The number of nitrogens with zero attached hydrogens (tertiary/aromatic N) is 2. The van der Waals surface area contributed by atoms with E-state index in [2.05, 4.69) is 22.4 Å². The summed E-state index contributed by atoms with van der Waals surface area (Å²) in [5.41, 5.74) is 4.82. The van der Waals surface area contributed by atoms with E-state index in [-0.39, 0.29) is 6.03 Å². The van der Waals surface area contributed by atoms with Gasteiger partial charge in [-0.3, -0.25) is 0 Å². The van der Waals surface area contributed by atoms with Crippen LogP contribution in [0.1, 0.15) is 24.6 Å². The Morgan fingerprint density at radius 3 is 2.55 bits per heavy atom. The zero-order chi connectivity index (χ0) is 21.2. The van der Waals surface area contributed by atoms with E-state index >= 15 is 0 Å². The molecule has 156 valence electrons. The van der Waals surface area contributed by atoms with E-state index in [0.29, 0.717) is 24.0 Å². The summed E-state index contributed by atoms with van der Waals surface area (Å²) in [6, 6.07) is 23.7. The SMILES string of the molecule is O=C(Nc1ccccc1-c1ccccc1)N1CCC(c2nc3ccc(Cl)cc3[nH]2)CC1. The number of carbonyl (C=O) groups excluding carboxylic acids is 1. The number of hydrogen-bond donors (Lipinski definition) is 2. The maximum atomic E-state index is 12.9. The summed E-state index contributed by atoms with van der Waals surface area (Å²) in [7, 11) is 0. The number of amides is 2. The summed E-state index contributed by atoms with van der Waals surface area (Å²) in [5, 5.41) is 3.81. The van der Waals surface area contributed by atoms with Crippen molar-refractivity contribution >= 4 is 34.4 Å². The smallest absolute Gasteiger partial charge is 0.321 e. The van der Waals surface area contributed by atoms with E-state index in [1.807, 2.05) is 65.6 Å². The summed E-state index contributed by atoms with van der Waals surface area (Å²) in [6.07, 6.45) is 1.75. The Morgan fingerprint density at radius 1 is 1.00 bits per heavy atom. The second-order valence-corrected chi connectivity index (χ2v) is 8.32. The van der Waals surface area contributed by atoms with Crippen LogP contribution < -0.4 is 5.32 Å². The molecule has 1 aliphatic rings. The van der Waals surface area contributed by atoms with Crippen LogP contribution in [0.5, 0.6) is 0 Å². The van der Waals surface area contributed by atoms with Crippen LogP contribution in [0.4, 0.5) is 10.5 Å². The Hall–Kier alpha value is -3.31. The standard InChI is InChI=1S/C25H23ClN4O/c26-19-10-11-22-23(16-19)28-24(27-22)18-12-14-30(15-13-18)25(31)29-21-9-5-4-8-20(21)17-6-2-1-3-7-17/h1-11,16,18H,12-15H2,(H,27,28)(H,29,31). The number of H-pyrrole nitrogens is 1. The number of fused-ring (bicyclic) bond motifs is 1. The lowest BCUT2D eigenvalue weighted by Gasteiger charge is -2.31. The van der Waals surface area contributed by atoms with E-state index in [1.54, 1.807) is 0 Å². The van der Waals surface area contributed by atoms with Crippen molar-refractivity contribution < 1.29 is 4.79 Å². The molecular formula is C25H23ClN4O. The lowest BCUT2D eigenvalue weighted by atomic mass is 9.96. The van der Waals surface area contributed by atoms with Gasteiger partial charge in [-0.2, -0.15) is 0 Å². The van der Waals surface area contributed by atoms with Crippen LogP contribution >= 0.6 is 11.6 Å². The molecule has 3 aromatic carbocycles. The fraction of sp³-hybridized carbons (Fsp3) is 0.200. The Balaban J connectivity index is 1.25. The highest BCUT2D eigenvalue weighted by atomic mass is 35.5. The molecule has 31 heavy (non-hydrogen) atoms. The van der Waals surface area contributed by atoms with Crippen LogP contribution in [0.3, 0.4) is 0 Å². The number of imidazole rings is 1. The first kappa shape index (κ1) is 19.6. The fourth-order valence-electron chi connectivity index (χ4n) is 4.21. The number of aromatic nitrogens is 2. The molecule has 0 radical (unpaired) electrons. The van der Waals surface area contributed by atoms with Crippen molar-refractivity contribution in [1.29, 1.82) is 0 Å². The number of anilines is 1. The lowest BCUT2D eigenvalue weighted by Crippen LogP contribution is -2.40. The van der Waals surface area contributed by atoms with Gasteiger partial charge in [0.2, 0.25) is 0 Å². The van der Waals surface area contributed by atoms with E-state index in [4.69, 9.17) is 16.6 Å². The number of rotatable bonds is 3. The van der Waals surface area contributed by atoms with Gasteiger partial charge in [0.1, 0.15) is 5.82 Å². The quantitative estimate of drug-likeness (QED) is 0.401. The molecule has 5 rings (SSSR count). The van der Waals surface area contributed by atoms with Gasteiger partial charge in [-0.25, -0.2) is 9.78 Å². The summed E-state index contributed by atoms with van der Waals surface area (Å²) in [6.45, 7) is 1.39. The Kier molecular flexibility index (Phi) is 5.35. The van der Waals surface area contributed by atoms with Gasteiger partial charge in [-0.15, -0.1) is 0 Å². The van der Waals surface area contributed by atoms with Gasteiger partial charge < -0.3 is 15.2 Å². The van der Waals surface area contributed by atoms with E-state index in [9.17, 15) is 4.79 Å².